The van der Waals surface area contributed by atoms with Crippen LogP contribution in [0.3, 0.4) is 0 Å². The second-order valence-corrected chi connectivity index (χ2v) is 9.93. The van der Waals surface area contributed by atoms with Crippen molar-refractivity contribution in [2.75, 3.05) is 26.1 Å². The van der Waals surface area contributed by atoms with Crippen LogP contribution in [-0.4, -0.2) is 51.7 Å². The van der Waals surface area contributed by atoms with Gasteiger partial charge in [0.2, 0.25) is 11.8 Å². The smallest absolute Gasteiger partial charge is 0.394 e. The number of nitrogen functional groups attached to an aromatic ring is 1. The van der Waals surface area contributed by atoms with Crippen molar-refractivity contribution in [3.05, 3.63) is 40.6 Å². The van der Waals surface area contributed by atoms with E-state index in [1.165, 1.54) is 7.11 Å². The van der Waals surface area contributed by atoms with Gasteiger partial charge in [-0.05, 0) is 37.0 Å². The number of hydrogen-bond acceptors (Lipinski definition) is 8. The molecule has 0 bridgehead atoms. The number of carbonyl (C=O) groups excluding carboxylic acids is 1. The van der Waals surface area contributed by atoms with Crippen LogP contribution in [0.4, 0.5) is 14.7 Å². The van der Waals surface area contributed by atoms with Crippen LogP contribution in [-0.2, 0) is 26.9 Å². The normalized spacial score (nSPS) is 11.9. The highest BCUT2D eigenvalue weighted by Crippen LogP contribution is 2.55. The molecule has 0 radical (unpaired) electrons. The molecule has 2 rings (SSSR count). The van der Waals surface area contributed by atoms with Gasteiger partial charge in [-0.3, -0.25) is 9.36 Å². The van der Waals surface area contributed by atoms with Crippen LogP contribution in [0.2, 0.25) is 0 Å². The molecule has 13 heteroatoms. The number of hydrogen-bond donors (Lipinski definition) is 3. The van der Waals surface area contributed by atoms with E-state index in [0.717, 1.165) is 24.0 Å². The number of nitrogens with two attached hydrogens (primary N) is 1. The van der Waals surface area contributed by atoms with Crippen LogP contribution in [0.1, 0.15) is 55.0 Å². The van der Waals surface area contributed by atoms with Crippen LogP contribution in [0.5, 0.6) is 11.6 Å². The number of esters is 1. The van der Waals surface area contributed by atoms with Crippen molar-refractivity contribution < 1.29 is 42.1 Å². The van der Waals surface area contributed by atoms with Gasteiger partial charge >= 0.3 is 19.2 Å². The average Bonchev–Trinajstić information content (AvgIpc) is 2.79. The molecule has 0 fully saturated rings. The molecule has 1 heterocycles. The van der Waals surface area contributed by atoms with E-state index in [9.17, 15) is 18.1 Å². The van der Waals surface area contributed by atoms with Gasteiger partial charge in [0.05, 0.1) is 32.4 Å². The first-order chi connectivity index (χ1) is 16.9. The van der Waals surface area contributed by atoms with Crippen LogP contribution >= 0.6 is 7.60 Å². The summed E-state index contributed by atoms with van der Waals surface area (Å²) in [5.74, 6) is 0.373. The highest BCUT2D eigenvalue weighted by molar-refractivity contribution is 7.53. The molecule has 10 nitrogen and oxygen atoms in total. The molecule has 0 aliphatic carbocycles. The standard InChI is InChI=1S/C23H32F2N3O7P/c1-4-5-10-35-21-18(15(2)27-22(26)28-21)14-17-8-7-16(12-19(17)33-3)13-20(29)34-11-6-9-23(24,25)36(30,31)32/h7-8,12H,4-6,9-11,13-14H2,1-3H3,(H2,26,27,28)(H2,30,31,32). The maximum absolute atomic E-state index is 13.3. The van der Waals surface area contributed by atoms with Gasteiger partial charge in [-0.15, -0.1) is 0 Å². The Bertz CT molecular complexity index is 1100. The van der Waals surface area contributed by atoms with Gasteiger partial charge < -0.3 is 29.7 Å². The van der Waals surface area contributed by atoms with Crippen molar-refractivity contribution in [2.45, 2.75) is 58.0 Å². The molecule has 1 aromatic heterocycles. The van der Waals surface area contributed by atoms with Gasteiger partial charge in [-0.25, -0.2) is 4.98 Å². The number of aromatic nitrogens is 2. The third kappa shape index (κ3) is 8.39. The maximum atomic E-state index is 13.3. The van der Waals surface area contributed by atoms with E-state index in [1.54, 1.807) is 18.2 Å². The Balaban J connectivity index is 2.04. The molecule has 0 saturated heterocycles. The Labute approximate surface area is 208 Å². The zero-order valence-corrected chi connectivity index (χ0v) is 21.4. The fourth-order valence-electron chi connectivity index (χ4n) is 3.30. The van der Waals surface area contributed by atoms with Gasteiger partial charge in [-0.2, -0.15) is 13.8 Å². The third-order valence-electron chi connectivity index (χ3n) is 5.31. The van der Waals surface area contributed by atoms with Crippen molar-refractivity contribution in [3.8, 4) is 11.6 Å². The molecule has 0 atom stereocenters. The predicted octanol–water partition coefficient (Wildman–Crippen LogP) is 3.78. The number of benzene rings is 1. The minimum absolute atomic E-state index is 0.119. The Hall–Kier alpha value is -2.82. The van der Waals surface area contributed by atoms with Crippen molar-refractivity contribution in [3.63, 3.8) is 0 Å². The second-order valence-electron chi connectivity index (χ2n) is 8.19. The number of unbranched alkanes of at least 4 members (excludes halogenated alkanes) is 1. The van der Waals surface area contributed by atoms with E-state index in [2.05, 4.69) is 16.9 Å². The molecule has 0 aliphatic heterocycles. The number of carbonyl (C=O) groups is 1. The number of aryl methyl sites for hydroxylation is 1. The lowest BCUT2D eigenvalue weighted by Gasteiger charge is -2.17. The van der Waals surface area contributed by atoms with Gasteiger partial charge in [0.25, 0.3) is 0 Å². The number of methoxy groups -OCH3 is 1. The molecule has 1 aromatic carbocycles. The number of rotatable bonds is 14. The highest BCUT2D eigenvalue weighted by atomic mass is 31.2. The van der Waals surface area contributed by atoms with Gasteiger partial charge in [0, 0.05) is 18.4 Å². The summed E-state index contributed by atoms with van der Waals surface area (Å²) in [5.41, 5.74) is 4.44. The summed E-state index contributed by atoms with van der Waals surface area (Å²) in [4.78, 5) is 37.8. The fourth-order valence-corrected chi connectivity index (χ4v) is 3.75. The number of alkyl halides is 2. The molecule has 2 aromatic rings. The van der Waals surface area contributed by atoms with E-state index in [0.29, 0.717) is 35.9 Å². The highest BCUT2D eigenvalue weighted by Gasteiger charge is 2.47. The summed E-state index contributed by atoms with van der Waals surface area (Å²) in [6.07, 6.45) is 0.606. The Morgan fingerprint density at radius 2 is 1.92 bits per heavy atom. The molecule has 200 valence electrons. The minimum atomic E-state index is -5.55. The van der Waals surface area contributed by atoms with Gasteiger partial charge in [-0.1, -0.05) is 25.5 Å². The van der Waals surface area contributed by atoms with E-state index >= 15 is 0 Å². The zero-order chi connectivity index (χ0) is 26.9. The lowest BCUT2D eigenvalue weighted by molar-refractivity contribution is -0.143. The van der Waals surface area contributed by atoms with Crippen LogP contribution in [0.25, 0.3) is 0 Å². The summed E-state index contributed by atoms with van der Waals surface area (Å²) in [5, 5.41) is 0. The lowest BCUT2D eigenvalue weighted by Crippen LogP contribution is -2.18. The molecule has 0 saturated carbocycles. The summed E-state index contributed by atoms with van der Waals surface area (Å²) in [6.45, 7) is 3.97. The topological polar surface area (TPSA) is 154 Å². The quantitative estimate of drug-likeness (QED) is 0.186. The largest absolute Gasteiger partial charge is 0.496 e. The SMILES string of the molecule is CCCCOc1nc(N)nc(C)c1Cc1ccc(CC(=O)OCCCC(F)(F)P(=O)(O)O)cc1OC. The lowest BCUT2D eigenvalue weighted by atomic mass is 10.0. The number of anilines is 1. The van der Waals surface area contributed by atoms with Gasteiger partial charge in [0.1, 0.15) is 5.75 Å². The number of ether oxygens (including phenoxy) is 3. The molecule has 36 heavy (non-hydrogen) atoms. The van der Waals surface area contributed by atoms with Crippen molar-refractivity contribution in [2.24, 2.45) is 0 Å². The molecule has 4 N–H and O–H groups in total. The number of halogens is 2. The first-order valence-electron chi connectivity index (χ1n) is 11.4. The van der Waals surface area contributed by atoms with Crippen molar-refractivity contribution >= 4 is 19.5 Å². The Morgan fingerprint density at radius 1 is 1.19 bits per heavy atom. The van der Waals surface area contributed by atoms with Crippen molar-refractivity contribution in [1.29, 1.82) is 0 Å². The minimum Gasteiger partial charge on any atom is -0.496 e. The van der Waals surface area contributed by atoms with Crippen molar-refractivity contribution in [1.82, 2.24) is 9.97 Å². The molecule has 0 unspecified atom stereocenters. The monoisotopic (exact) mass is 531 g/mol. The zero-order valence-electron chi connectivity index (χ0n) is 20.5. The molecular formula is C23H32F2N3O7P. The Morgan fingerprint density at radius 3 is 2.56 bits per heavy atom. The fraction of sp³-hybridized carbons (Fsp3) is 0.522. The number of nitrogens with zero attached hydrogens (tertiary/aromatic N) is 2. The molecular weight excluding hydrogens is 499 g/mol. The van der Waals surface area contributed by atoms with Crippen LogP contribution < -0.4 is 15.2 Å². The summed E-state index contributed by atoms with van der Waals surface area (Å²) < 4.78 is 53.6. The van der Waals surface area contributed by atoms with E-state index < -0.39 is 32.1 Å². The molecule has 0 spiro atoms. The first-order valence-corrected chi connectivity index (χ1v) is 13.0. The maximum Gasteiger partial charge on any atom is 0.394 e. The third-order valence-corrected chi connectivity index (χ3v) is 6.38. The van der Waals surface area contributed by atoms with Gasteiger partial charge in [0.15, 0.2) is 0 Å². The molecule has 0 aliphatic rings. The summed E-state index contributed by atoms with van der Waals surface area (Å²) in [7, 11) is -4.06. The van der Waals surface area contributed by atoms with Crippen LogP contribution in [0, 0.1) is 6.92 Å². The van der Waals surface area contributed by atoms with E-state index in [-0.39, 0.29) is 19.0 Å². The van der Waals surface area contributed by atoms with E-state index in [1.807, 2.05) is 6.92 Å². The predicted molar refractivity (Wildman–Crippen MR) is 128 cm³/mol. The van der Waals surface area contributed by atoms with E-state index in [4.69, 9.17) is 29.7 Å². The first kappa shape index (κ1) is 29.4. The summed E-state index contributed by atoms with van der Waals surface area (Å²) >= 11 is 0. The van der Waals surface area contributed by atoms with Crippen LogP contribution in [0.15, 0.2) is 18.2 Å². The Kier molecular flexibility index (Phi) is 10.6. The summed E-state index contributed by atoms with van der Waals surface area (Å²) in [6, 6.07) is 5.17. The molecule has 0 amide bonds. The second kappa shape index (κ2) is 12.9. The average molecular weight is 531 g/mol.